The number of halogens is 1. The molecule has 1 heterocycles. The van der Waals surface area contributed by atoms with Crippen LogP contribution in [0.4, 0.5) is 4.39 Å². The van der Waals surface area contributed by atoms with Crippen LogP contribution in [0, 0.1) is 11.7 Å². The third-order valence-corrected chi connectivity index (χ3v) is 5.79. The van der Waals surface area contributed by atoms with Crippen LogP contribution in [0.2, 0.25) is 0 Å². The number of rotatable bonds is 5. The molecule has 0 aliphatic carbocycles. The second-order valence-corrected chi connectivity index (χ2v) is 7.46. The second-order valence-electron chi connectivity index (χ2n) is 4.54. The highest BCUT2D eigenvalue weighted by Gasteiger charge is 2.20. The van der Waals surface area contributed by atoms with Crippen molar-refractivity contribution in [3.63, 3.8) is 0 Å². The van der Waals surface area contributed by atoms with E-state index in [-0.39, 0.29) is 17.0 Å². The fourth-order valence-electron chi connectivity index (χ4n) is 1.93. The molecule has 0 aromatic heterocycles. The van der Waals surface area contributed by atoms with Gasteiger partial charge in [-0.15, -0.1) is 0 Å². The Morgan fingerprint density at radius 2 is 2.26 bits per heavy atom. The van der Waals surface area contributed by atoms with Crippen molar-refractivity contribution in [2.75, 3.05) is 18.1 Å². The van der Waals surface area contributed by atoms with E-state index in [4.69, 9.17) is 5.73 Å². The van der Waals surface area contributed by atoms with Crippen LogP contribution in [0.1, 0.15) is 12.0 Å². The molecule has 7 heteroatoms. The zero-order valence-electron chi connectivity index (χ0n) is 10.4. The molecule has 0 amide bonds. The highest BCUT2D eigenvalue weighted by molar-refractivity contribution is 7.99. The van der Waals surface area contributed by atoms with Crippen molar-refractivity contribution >= 4 is 21.8 Å². The molecule has 0 bridgehead atoms. The van der Waals surface area contributed by atoms with Crippen molar-refractivity contribution in [1.82, 2.24) is 4.72 Å². The van der Waals surface area contributed by atoms with Gasteiger partial charge in [-0.2, -0.15) is 11.8 Å². The summed E-state index contributed by atoms with van der Waals surface area (Å²) in [5.41, 5.74) is 5.59. The molecule has 0 spiro atoms. The Morgan fingerprint density at radius 3 is 2.89 bits per heavy atom. The first-order valence-corrected chi connectivity index (χ1v) is 8.72. The van der Waals surface area contributed by atoms with E-state index in [9.17, 15) is 12.8 Å². The van der Waals surface area contributed by atoms with E-state index >= 15 is 0 Å². The Labute approximate surface area is 117 Å². The molecule has 19 heavy (non-hydrogen) atoms. The quantitative estimate of drug-likeness (QED) is 0.860. The van der Waals surface area contributed by atoms with Crippen LogP contribution in [0.5, 0.6) is 0 Å². The van der Waals surface area contributed by atoms with Crippen molar-refractivity contribution in [2.45, 2.75) is 17.9 Å². The van der Waals surface area contributed by atoms with Crippen LogP contribution in [0.25, 0.3) is 0 Å². The van der Waals surface area contributed by atoms with Crippen LogP contribution >= 0.6 is 11.8 Å². The number of sulfonamides is 1. The van der Waals surface area contributed by atoms with Gasteiger partial charge in [-0.25, -0.2) is 17.5 Å². The van der Waals surface area contributed by atoms with E-state index in [1.807, 2.05) is 11.8 Å². The van der Waals surface area contributed by atoms with E-state index in [2.05, 4.69) is 4.72 Å². The molecular formula is C12H17FN2O2S2. The van der Waals surface area contributed by atoms with Crippen molar-refractivity contribution in [3.8, 4) is 0 Å². The van der Waals surface area contributed by atoms with Gasteiger partial charge in [0.15, 0.2) is 0 Å². The zero-order chi connectivity index (χ0) is 13.9. The topological polar surface area (TPSA) is 72.2 Å². The summed E-state index contributed by atoms with van der Waals surface area (Å²) in [6.07, 6.45) is 1.03. The normalized spacial score (nSPS) is 19.8. The first-order chi connectivity index (χ1) is 9.03. The summed E-state index contributed by atoms with van der Waals surface area (Å²) in [6.45, 7) is 0.416. The molecule has 1 saturated heterocycles. The summed E-state index contributed by atoms with van der Waals surface area (Å²) in [4.78, 5) is 0.0694. The van der Waals surface area contributed by atoms with Gasteiger partial charge in [-0.3, -0.25) is 0 Å². The van der Waals surface area contributed by atoms with Gasteiger partial charge in [0, 0.05) is 18.7 Å². The highest BCUT2D eigenvalue weighted by atomic mass is 32.2. The maximum absolute atomic E-state index is 13.3. The SMILES string of the molecule is NCc1cc(S(=O)(=O)NCC2CCSC2)ccc1F. The maximum Gasteiger partial charge on any atom is 0.240 e. The van der Waals surface area contributed by atoms with Gasteiger partial charge in [0.05, 0.1) is 4.90 Å². The number of nitrogens with one attached hydrogen (secondary N) is 1. The van der Waals surface area contributed by atoms with Crippen molar-refractivity contribution in [3.05, 3.63) is 29.6 Å². The lowest BCUT2D eigenvalue weighted by Crippen LogP contribution is -2.29. The summed E-state index contributed by atoms with van der Waals surface area (Å²) >= 11 is 1.84. The molecule has 1 atom stereocenters. The predicted molar refractivity (Wildman–Crippen MR) is 74.9 cm³/mol. The first-order valence-electron chi connectivity index (χ1n) is 6.09. The summed E-state index contributed by atoms with van der Waals surface area (Å²) in [7, 11) is -3.58. The third kappa shape index (κ3) is 3.68. The Balaban J connectivity index is 2.10. The minimum atomic E-state index is -3.58. The largest absolute Gasteiger partial charge is 0.326 e. The van der Waals surface area contributed by atoms with Gasteiger partial charge in [0.2, 0.25) is 10.0 Å². The van der Waals surface area contributed by atoms with Crippen molar-refractivity contribution in [2.24, 2.45) is 11.7 Å². The summed E-state index contributed by atoms with van der Waals surface area (Å²) < 4.78 is 40.0. The molecule has 1 aliphatic heterocycles. The van der Waals surface area contributed by atoms with Crippen LogP contribution < -0.4 is 10.5 Å². The lowest BCUT2D eigenvalue weighted by molar-refractivity contribution is 0.545. The van der Waals surface area contributed by atoms with Crippen molar-refractivity contribution in [1.29, 1.82) is 0 Å². The molecule has 4 nitrogen and oxygen atoms in total. The minimum absolute atomic E-state index is 0.0194. The molecule has 1 aromatic carbocycles. The molecule has 1 aliphatic rings. The molecule has 2 rings (SSSR count). The first kappa shape index (κ1) is 14.8. The average molecular weight is 304 g/mol. The molecule has 1 fully saturated rings. The van der Waals surface area contributed by atoms with Gasteiger partial charge in [-0.05, 0) is 42.0 Å². The minimum Gasteiger partial charge on any atom is -0.326 e. The molecule has 0 saturated carbocycles. The van der Waals surface area contributed by atoms with E-state index in [1.165, 1.54) is 12.1 Å². The predicted octanol–water partition coefficient (Wildman–Crippen LogP) is 1.32. The Hall–Kier alpha value is -0.630. The number of hydrogen-bond donors (Lipinski definition) is 2. The molecule has 0 radical (unpaired) electrons. The smallest absolute Gasteiger partial charge is 0.240 e. The fraction of sp³-hybridized carbons (Fsp3) is 0.500. The Morgan fingerprint density at radius 1 is 1.47 bits per heavy atom. The lowest BCUT2D eigenvalue weighted by atomic mass is 10.1. The summed E-state index contributed by atoms with van der Waals surface area (Å²) in [6, 6.07) is 3.70. The van der Waals surface area contributed by atoms with Crippen LogP contribution in [-0.4, -0.2) is 26.5 Å². The van der Waals surface area contributed by atoms with Crippen molar-refractivity contribution < 1.29 is 12.8 Å². The summed E-state index contributed by atoms with van der Waals surface area (Å²) in [5.74, 6) is 1.98. The van der Waals surface area contributed by atoms with Gasteiger partial charge in [-0.1, -0.05) is 0 Å². The number of hydrogen-bond acceptors (Lipinski definition) is 4. The molecule has 1 aromatic rings. The van der Waals surface area contributed by atoms with Crippen LogP contribution in [-0.2, 0) is 16.6 Å². The van der Waals surface area contributed by atoms with E-state index in [0.29, 0.717) is 12.5 Å². The molecule has 3 N–H and O–H groups in total. The number of benzene rings is 1. The lowest BCUT2D eigenvalue weighted by Gasteiger charge is -2.11. The molecule has 106 valence electrons. The molecular weight excluding hydrogens is 287 g/mol. The van der Waals surface area contributed by atoms with Gasteiger partial charge >= 0.3 is 0 Å². The van der Waals surface area contributed by atoms with E-state index in [0.717, 1.165) is 24.0 Å². The average Bonchev–Trinajstić information content (AvgIpc) is 2.90. The summed E-state index contributed by atoms with van der Waals surface area (Å²) in [5, 5.41) is 0. The Kier molecular flexibility index (Phi) is 4.83. The van der Waals surface area contributed by atoms with Gasteiger partial charge in [0.1, 0.15) is 5.82 Å². The Bertz CT molecular complexity index is 543. The van der Waals surface area contributed by atoms with Crippen LogP contribution in [0.15, 0.2) is 23.1 Å². The van der Waals surface area contributed by atoms with Gasteiger partial charge in [0.25, 0.3) is 0 Å². The standard InChI is InChI=1S/C12H17FN2O2S2/c13-12-2-1-11(5-10(12)6-14)19(16,17)15-7-9-3-4-18-8-9/h1-2,5,9,15H,3-4,6-8,14H2. The van der Waals surface area contributed by atoms with E-state index in [1.54, 1.807) is 0 Å². The third-order valence-electron chi connectivity index (χ3n) is 3.13. The zero-order valence-corrected chi connectivity index (χ0v) is 12.1. The van der Waals surface area contributed by atoms with Crippen LogP contribution in [0.3, 0.4) is 0 Å². The van der Waals surface area contributed by atoms with Gasteiger partial charge < -0.3 is 5.73 Å². The fourth-order valence-corrected chi connectivity index (χ4v) is 4.38. The second kappa shape index (κ2) is 6.21. The van der Waals surface area contributed by atoms with E-state index < -0.39 is 15.8 Å². The molecule has 1 unspecified atom stereocenters. The maximum atomic E-state index is 13.3. The highest BCUT2D eigenvalue weighted by Crippen LogP contribution is 2.23. The monoisotopic (exact) mass is 304 g/mol. The number of nitrogens with two attached hydrogens (primary N) is 1. The number of thioether (sulfide) groups is 1.